The average Bonchev–Trinajstić information content (AvgIpc) is 2.73. The highest BCUT2D eigenvalue weighted by Crippen LogP contribution is 2.28. The monoisotopic (exact) mass is 300 g/mol. The van der Waals surface area contributed by atoms with Crippen LogP contribution in [0.25, 0.3) is 0 Å². The second-order valence-electron chi connectivity index (χ2n) is 3.79. The Bertz CT molecular complexity index is 771. The summed E-state index contributed by atoms with van der Waals surface area (Å²) < 4.78 is 41.0. The summed E-state index contributed by atoms with van der Waals surface area (Å²) in [6, 6.07) is 4.23. The van der Waals surface area contributed by atoms with Crippen molar-refractivity contribution in [2.45, 2.75) is 4.90 Å². The van der Waals surface area contributed by atoms with Crippen LogP contribution >= 0.6 is 0 Å². The molecule has 0 bridgehead atoms. The molecule has 20 heavy (non-hydrogen) atoms. The predicted octanol–water partition coefficient (Wildman–Crippen LogP) is 1.27. The van der Waals surface area contributed by atoms with Crippen LogP contribution in [0.1, 0.15) is 0 Å². The Morgan fingerprint density at radius 3 is 2.65 bits per heavy atom. The van der Waals surface area contributed by atoms with Crippen molar-refractivity contribution in [3.63, 3.8) is 0 Å². The predicted molar refractivity (Wildman–Crippen MR) is 67.1 cm³/mol. The van der Waals surface area contributed by atoms with Gasteiger partial charge in [-0.05, 0) is 12.1 Å². The molecule has 8 nitrogen and oxygen atoms in total. The number of sulfonamides is 1. The van der Waals surface area contributed by atoms with Crippen LogP contribution in [0.5, 0.6) is 0 Å². The van der Waals surface area contributed by atoms with Crippen molar-refractivity contribution >= 4 is 21.5 Å². The van der Waals surface area contributed by atoms with Gasteiger partial charge < -0.3 is 0 Å². The number of hydrogen-bond donors (Lipinski definition) is 1. The van der Waals surface area contributed by atoms with Gasteiger partial charge >= 0.3 is 5.69 Å². The van der Waals surface area contributed by atoms with E-state index >= 15 is 0 Å². The number of halogens is 1. The first-order chi connectivity index (χ1) is 9.33. The average molecular weight is 300 g/mol. The molecular weight excluding hydrogens is 291 g/mol. The largest absolute Gasteiger partial charge is 0.325 e. The lowest BCUT2D eigenvalue weighted by atomic mass is 10.3. The molecule has 0 radical (unpaired) electrons. The second kappa shape index (κ2) is 4.89. The molecule has 1 heterocycles. The van der Waals surface area contributed by atoms with Gasteiger partial charge in [-0.15, -0.1) is 0 Å². The Labute approximate surface area is 113 Å². The summed E-state index contributed by atoms with van der Waals surface area (Å²) in [7, 11) is -2.81. The van der Waals surface area contributed by atoms with Gasteiger partial charge in [0.05, 0.1) is 11.1 Å². The third kappa shape index (κ3) is 2.45. The molecule has 0 saturated carbocycles. The van der Waals surface area contributed by atoms with E-state index in [1.165, 1.54) is 24.0 Å². The Hall–Kier alpha value is -2.49. The molecule has 1 aromatic heterocycles. The second-order valence-corrected chi connectivity index (χ2v) is 5.44. The molecule has 0 aliphatic heterocycles. The molecule has 1 N–H and O–H groups in total. The highest BCUT2D eigenvalue weighted by molar-refractivity contribution is 7.92. The summed E-state index contributed by atoms with van der Waals surface area (Å²) in [4.78, 5) is 8.99. The molecule has 10 heteroatoms. The zero-order valence-electron chi connectivity index (χ0n) is 10.1. The fraction of sp³-hybridized carbons (Fsp3) is 0.100. The van der Waals surface area contributed by atoms with Crippen LogP contribution in [0.3, 0.4) is 0 Å². The highest BCUT2D eigenvalue weighted by Gasteiger charge is 2.29. The van der Waals surface area contributed by atoms with Gasteiger partial charge in [0.15, 0.2) is 4.90 Å². The van der Waals surface area contributed by atoms with E-state index < -0.39 is 31.3 Å². The first-order valence-corrected chi connectivity index (χ1v) is 6.75. The van der Waals surface area contributed by atoms with Gasteiger partial charge in [0, 0.05) is 13.1 Å². The lowest BCUT2D eigenvalue weighted by Crippen LogP contribution is -2.17. The van der Waals surface area contributed by atoms with Crippen LogP contribution in [0, 0.1) is 15.9 Å². The Balaban J connectivity index is 2.53. The quantitative estimate of drug-likeness (QED) is 0.675. The molecule has 1 aromatic carbocycles. The maximum atomic E-state index is 13.4. The minimum absolute atomic E-state index is 0.101. The van der Waals surface area contributed by atoms with Crippen molar-refractivity contribution in [2.75, 3.05) is 4.72 Å². The number of nitro groups is 1. The van der Waals surface area contributed by atoms with E-state index in [1.54, 1.807) is 0 Å². The molecular formula is C10H9FN4O4S. The summed E-state index contributed by atoms with van der Waals surface area (Å²) in [6.45, 7) is 0. The van der Waals surface area contributed by atoms with Gasteiger partial charge in [-0.25, -0.2) is 8.42 Å². The Morgan fingerprint density at radius 2 is 2.10 bits per heavy atom. The molecule has 0 saturated heterocycles. The minimum atomic E-state index is -4.30. The zero-order chi connectivity index (χ0) is 14.9. The molecule has 0 aliphatic carbocycles. The summed E-state index contributed by atoms with van der Waals surface area (Å²) in [6.07, 6.45) is 1.35. The molecule has 0 amide bonds. The van der Waals surface area contributed by atoms with Crippen molar-refractivity contribution < 1.29 is 17.7 Å². The third-order valence-electron chi connectivity index (χ3n) is 2.48. The molecule has 0 fully saturated rings. The van der Waals surface area contributed by atoms with Crippen molar-refractivity contribution in [3.05, 3.63) is 46.4 Å². The van der Waals surface area contributed by atoms with Gasteiger partial charge in [-0.1, -0.05) is 6.07 Å². The fourth-order valence-electron chi connectivity index (χ4n) is 1.56. The molecule has 2 aromatic rings. The summed E-state index contributed by atoms with van der Waals surface area (Å²) in [5.74, 6) is -1.12. The maximum absolute atomic E-state index is 13.4. The SMILES string of the molecule is Cn1nccc1NS(=O)(=O)c1cccc(F)c1[N+](=O)[O-]. The third-order valence-corrected chi connectivity index (χ3v) is 3.87. The van der Waals surface area contributed by atoms with Gasteiger partial charge in [0.1, 0.15) is 5.82 Å². The van der Waals surface area contributed by atoms with Crippen LogP contribution in [0.4, 0.5) is 15.9 Å². The first kappa shape index (κ1) is 13.9. The number of anilines is 1. The number of benzene rings is 1. The topological polar surface area (TPSA) is 107 Å². The van der Waals surface area contributed by atoms with Crippen molar-refractivity contribution in [1.82, 2.24) is 9.78 Å². The fourth-order valence-corrected chi connectivity index (χ4v) is 2.83. The van der Waals surface area contributed by atoms with E-state index in [4.69, 9.17) is 0 Å². The van der Waals surface area contributed by atoms with E-state index in [1.807, 2.05) is 0 Å². The number of hydrogen-bond acceptors (Lipinski definition) is 5. The number of nitrogens with zero attached hydrogens (tertiary/aromatic N) is 3. The summed E-state index contributed by atoms with van der Waals surface area (Å²) in [5.41, 5.74) is -1.10. The van der Waals surface area contributed by atoms with E-state index in [-0.39, 0.29) is 5.82 Å². The number of para-hydroxylation sites is 1. The smallest absolute Gasteiger partial charge is 0.263 e. The van der Waals surface area contributed by atoms with Crippen LogP contribution in [0.15, 0.2) is 35.4 Å². The number of aromatic nitrogens is 2. The lowest BCUT2D eigenvalue weighted by Gasteiger charge is -2.08. The normalized spacial score (nSPS) is 11.3. The number of nitro benzene ring substituents is 1. The summed E-state index contributed by atoms with van der Waals surface area (Å²) >= 11 is 0. The van der Waals surface area contributed by atoms with Crippen LogP contribution < -0.4 is 4.72 Å². The zero-order valence-corrected chi connectivity index (χ0v) is 11.0. The van der Waals surface area contributed by atoms with E-state index in [2.05, 4.69) is 9.82 Å². The highest BCUT2D eigenvalue weighted by atomic mass is 32.2. The Morgan fingerprint density at radius 1 is 1.40 bits per heavy atom. The number of aryl methyl sites for hydroxylation is 1. The minimum Gasteiger partial charge on any atom is -0.263 e. The molecule has 0 spiro atoms. The molecule has 0 unspecified atom stereocenters. The van der Waals surface area contributed by atoms with Crippen LogP contribution in [-0.2, 0) is 17.1 Å². The standard InChI is InChI=1S/C10H9FN4O4S/c1-14-9(5-6-12-14)13-20(18,19)8-4-2-3-7(11)10(8)15(16)17/h2-6,13H,1H3. The van der Waals surface area contributed by atoms with Crippen LogP contribution in [-0.4, -0.2) is 23.1 Å². The van der Waals surface area contributed by atoms with Crippen LogP contribution in [0.2, 0.25) is 0 Å². The van der Waals surface area contributed by atoms with Gasteiger partial charge in [-0.3, -0.25) is 19.5 Å². The first-order valence-electron chi connectivity index (χ1n) is 5.26. The lowest BCUT2D eigenvalue weighted by molar-refractivity contribution is -0.390. The molecule has 0 aliphatic rings. The molecule has 106 valence electrons. The van der Waals surface area contributed by atoms with E-state index in [0.717, 1.165) is 18.2 Å². The number of nitrogens with one attached hydrogen (secondary N) is 1. The number of rotatable bonds is 4. The van der Waals surface area contributed by atoms with Gasteiger partial charge in [-0.2, -0.15) is 9.49 Å². The van der Waals surface area contributed by atoms with Crippen molar-refractivity contribution in [3.8, 4) is 0 Å². The van der Waals surface area contributed by atoms with Gasteiger partial charge in [0.25, 0.3) is 10.0 Å². The van der Waals surface area contributed by atoms with Crippen molar-refractivity contribution in [1.29, 1.82) is 0 Å². The maximum Gasteiger partial charge on any atom is 0.325 e. The Kier molecular flexibility index (Phi) is 3.40. The van der Waals surface area contributed by atoms with E-state index in [0.29, 0.717) is 0 Å². The van der Waals surface area contributed by atoms with E-state index in [9.17, 15) is 22.9 Å². The van der Waals surface area contributed by atoms with Gasteiger partial charge in [0.2, 0.25) is 5.82 Å². The summed E-state index contributed by atoms with van der Waals surface area (Å²) in [5, 5.41) is 14.6. The van der Waals surface area contributed by atoms with Crippen molar-refractivity contribution in [2.24, 2.45) is 7.05 Å². The molecule has 2 rings (SSSR count). The molecule has 0 atom stereocenters.